The molecule has 0 bridgehead atoms. The maximum atomic E-state index is 5.87. The number of guanidine groups is 1. The number of hydrogen-bond donors (Lipinski definition) is 1. The lowest BCUT2D eigenvalue weighted by molar-refractivity contribution is 0.312. The van der Waals surface area contributed by atoms with Gasteiger partial charge in [-0.05, 0) is 26.9 Å². The van der Waals surface area contributed by atoms with Crippen molar-refractivity contribution in [1.82, 2.24) is 9.80 Å². The molecule has 0 rings (SSSR count). The van der Waals surface area contributed by atoms with Crippen LogP contribution in [0, 0.1) is 0 Å². The van der Waals surface area contributed by atoms with Gasteiger partial charge < -0.3 is 15.5 Å². The first-order valence-corrected chi connectivity index (χ1v) is 5.96. The van der Waals surface area contributed by atoms with Gasteiger partial charge in [0.25, 0.3) is 0 Å². The lowest BCUT2D eigenvalue weighted by atomic mass is 10.4. The number of aliphatic imine (C=N–C) groups is 1. The van der Waals surface area contributed by atoms with Gasteiger partial charge in [0.1, 0.15) is 0 Å². The Morgan fingerprint density at radius 3 is 1.88 bits per heavy atom. The molecule has 0 saturated heterocycles. The monoisotopic (exact) mass is 342 g/mol. The van der Waals surface area contributed by atoms with Crippen LogP contribution in [-0.4, -0.2) is 55.0 Å². The van der Waals surface area contributed by atoms with Crippen LogP contribution in [0.2, 0.25) is 0 Å². The summed E-state index contributed by atoms with van der Waals surface area (Å²) in [6, 6.07) is 0. The molecule has 5 heteroatoms. The van der Waals surface area contributed by atoms with Crippen LogP contribution in [-0.2, 0) is 0 Å². The summed E-state index contributed by atoms with van der Waals surface area (Å²) in [7, 11) is 0. The van der Waals surface area contributed by atoms with Crippen molar-refractivity contribution in [1.29, 1.82) is 0 Å². The van der Waals surface area contributed by atoms with E-state index >= 15 is 0 Å². The Morgan fingerprint density at radius 2 is 1.50 bits per heavy atom. The van der Waals surface area contributed by atoms with Crippen molar-refractivity contribution in [3.63, 3.8) is 0 Å². The molecule has 0 spiro atoms. The third kappa shape index (κ3) is 7.27. The van der Waals surface area contributed by atoms with E-state index in [4.69, 9.17) is 5.73 Å². The lowest BCUT2D eigenvalue weighted by Crippen LogP contribution is -2.37. The average Bonchev–Trinajstić information content (AvgIpc) is 2.26. The zero-order valence-electron chi connectivity index (χ0n) is 11.1. The molecule has 0 aliphatic carbocycles. The maximum Gasteiger partial charge on any atom is 0.191 e. The molecule has 0 atom stereocenters. The van der Waals surface area contributed by atoms with E-state index in [-0.39, 0.29) is 24.0 Å². The fourth-order valence-corrected chi connectivity index (χ4v) is 1.49. The minimum Gasteiger partial charge on any atom is -0.370 e. The number of likely N-dealkylation sites (N-methyl/N-ethyl adjacent to an activating group) is 1. The molecule has 0 aromatic carbocycles. The fourth-order valence-electron chi connectivity index (χ4n) is 1.49. The van der Waals surface area contributed by atoms with Gasteiger partial charge in [0.05, 0.1) is 6.54 Å². The zero-order chi connectivity index (χ0) is 11.7. The molecule has 16 heavy (non-hydrogen) atoms. The van der Waals surface area contributed by atoms with E-state index in [0.29, 0.717) is 5.96 Å². The van der Waals surface area contributed by atoms with Crippen molar-refractivity contribution in [3.8, 4) is 0 Å². The van der Waals surface area contributed by atoms with Crippen molar-refractivity contribution in [2.24, 2.45) is 10.7 Å². The highest BCUT2D eigenvalue weighted by atomic mass is 127. The molecule has 0 aromatic rings. The van der Waals surface area contributed by atoms with E-state index in [1.165, 1.54) is 0 Å². The van der Waals surface area contributed by atoms with Gasteiger partial charge in [-0.15, -0.1) is 24.0 Å². The highest BCUT2D eigenvalue weighted by Crippen LogP contribution is 1.89. The Bertz CT molecular complexity index is 177. The van der Waals surface area contributed by atoms with Crippen molar-refractivity contribution in [3.05, 3.63) is 0 Å². The molecule has 98 valence electrons. The van der Waals surface area contributed by atoms with E-state index in [2.05, 4.69) is 42.5 Å². The van der Waals surface area contributed by atoms with Gasteiger partial charge in [-0.2, -0.15) is 0 Å². The van der Waals surface area contributed by atoms with E-state index < -0.39 is 0 Å². The summed E-state index contributed by atoms with van der Waals surface area (Å²) in [6.45, 7) is 14.3. The molecule has 0 amide bonds. The first-order valence-electron chi connectivity index (χ1n) is 5.96. The Balaban J connectivity index is 0. The van der Waals surface area contributed by atoms with Gasteiger partial charge in [-0.3, -0.25) is 4.99 Å². The summed E-state index contributed by atoms with van der Waals surface area (Å²) in [4.78, 5) is 8.80. The van der Waals surface area contributed by atoms with Crippen molar-refractivity contribution >= 4 is 29.9 Å². The fraction of sp³-hybridized carbons (Fsp3) is 0.909. The van der Waals surface area contributed by atoms with Gasteiger partial charge in [0.15, 0.2) is 5.96 Å². The summed E-state index contributed by atoms with van der Waals surface area (Å²) >= 11 is 0. The third-order valence-corrected chi connectivity index (χ3v) is 2.67. The molecule has 0 aromatic heterocycles. The highest BCUT2D eigenvalue weighted by Gasteiger charge is 2.02. The molecule has 2 N–H and O–H groups in total. The summed E-state index contributed by atoms with van der Waals surface area (Å²) in [5.41, 5.74) is 5.87. The van der Waals surface area contributed by atoms with Crippen molar-refractivity contribution < 1.29 is 0 Å². The van der Waals surface area contributed by atoms with Crippen LogP contribution >= 0.6 is 24.0 Å². The highest BCUT2D eigenvalue weighted by molar-refractivity contribution is 14.0. The van der Waals surface area contributed by atoms with Crippen LogP contribution in [0.25, 0.3) is 0 Å². The topological polar surface area (TPSA) is 44.9 Å². The minimum absolute atomic E-state index is 0. The largest absolute Gasteiger partial charge is 0.370 e. The molecular weight excluding hydrogens is 315 g/mol. The molecule has 0 aliphatic rings. The van der Waals surface area contributed by atoms with Crippen molar-refractivity contribution in [2.75, 3.05) is 39.3 Å². The predicted octanol–water partition coefficient (Wildman–Crippen LogP) is 1.60. The third-order valence-electron chi connectivity index (χ3n) is 2.67. The smallest absolute Gasteiger partial charge is 0.191 e. The van der Waals surface area contributed by atoms with Gasteiger partial charge in [-0.1, -0.05) is 13.8 Å². The molecule has 0 unspecified atom stereocenters. The van der Waals surface area contributed by atoms with E-state index in [1.54, 1.807) is 0 Å². The first kappa shape index (κ1) is 18.3. The predicted molar refractivity (Wildman–Crippen MR) is 82.6 cm³/mol. The Labute approximate surface area is 117 Å². The van der Waals surface area contributed by atoms with E-state index in [0.717, 1.165) is 39.3 Å². The summed E-state index contributed by atoms with van der Waals surface area (Å²) in [5, 5.41) is 0. The number of halogens is 1. The van der Waals surface area contributed by atoms with Crippen molar-refractivity contribution in [2.45, 2.75) is 27.7 Å². The maximum absolute atomic E-state index is 5.87. The summed E-state index contributed by atoms with van der Waals surface area (Å²) < 4.78 is 0. The van der Waals surface area contributed by atoms with Crippen LogP contribution in [0.15, 0.2) is 4.99 Å². The molecular formula is C11H27IN4. The minimum atomic E-state index is 0. The zero-order valence-corrected chi connectivity index (χ0v) is 13.4. The SMILES string of the molecule is CCN(CC)CCN=C(N)N(CC)CC.I. The van der Waals surface area contributed by atoms with Gasteiger partial charge >= 0.3 is 0 Å². The number of hydrogen-bond acceptors (Lipinski definition) is 2. The quantitative estimate of drug-likeness (QED) is 0.434. The first-order chi connectivity index (χ1) is 7.19. The second-order valence-corrected chi connectivity index (χ2v) is 3.44. The molecule has 0 heterocycles. The number of rotatable bonds is 7. The summed E-state index contributed by atoms with van der Waals surface area (Å²) in [5.74, 6) is 0.673. The standard InChI is InChI=1S/C11H26N4.HI/c1-5-14(6-2)10-9-13-11(12)15(7-3)8-4;/h5-10H2,1-4H3,(H2,12,13);1H. The second-order valence-electron chi connectivity index (χ2n) is 3.44. The molecule has 0 aliphatic heterocycles. The van der Waals surface area contributed by atoms with Crippen LogP contribution in [0.3, 0.4) is 0 Å². The number of nitrogens with two attached hydrogens (primary N) is 1. The van der Waals surface area contributed by atoms with E-state index in [9.17, 15) is 0 Å². The lowest BCUT2D eigenvalue weighted by Gasteiger charge is -2.20. The van der Waals surface area contributed by atoms with E-state index in [1.807, 2.05) is 0 Å². The van der Waals surface area contributed by atoms with Gasteiger partial charge in [0, 0.05) is 19.6 Å². The number of nitrogens with zero attached hydrogens (tertiary/aromatic N) is 3. The van der Waals surface area contributed by atoms with Crippen LogP contribution < -0.4 is 5.73 Å². The van der Waals surface area contributed by atoms with Gasteiger partial charge in [0.2, 0.25) is 0 Å². The Hall–Kier alpha value is -0.0400. The Kier molecular flexibility index (Phi) is 13.1. The van der Waals surface area contributed by atoms with Gasteiger partial charge in [-0.25, -0.2) is 0 Å². The average molecular weight is 342 g/mol. The van der Waals surface area contributed by atoms with Crippen LogP contribution in [0.1, 0.15) is 27.7 Å². The molecule has 4 nitrogen and oxygen atoms in total. The van der Waals surface area contributed by atoms with Crippen LogP contribution in [0.5, 0.6) is 0 Å². The molecule has 0 radical (unpaired) electrons. The Morgan fingerprint density at radius 1 is 1.00 bits per heavy atom. The van der Waals surface area contributed by atoms with Crippen LogP contribution in [0.4, 0.5) is 0 Å². The molecule has 0 fully saturated rings. The molecule has 0 saturated carbocycles. The second kappa shape index (κ2) is 11.4. The summed E-state index contributed by atoms with van der Waals surface area (Å²) in [6.07, 6.45) is 0. The normalized spacial score (nSPS) is 11.4.